The van der Waals surface area contributed by atoms with Crippen LogP contribution in [0, 0.1) is 16.0 Å². The van der Waals surface area contributed by atoms with Crippen molar-refractivity contribution in [1.82, 2.24) is 4.98 Å². The first-order valence-corrected chi connectivity index (χ1v) is 5.84. The molecule has 1 unspecified atom stereocenters. The van der Waals surface area contributed by atoms with Crippen LogP contribution in [-0.2, 0) is 0 Å². The Bertz CT molecular complexity index is 412. The zero-order chi connectivity index (χ0) is 12.4. The number of rotatable bonds is 2. The highest BCUT2D eigenvalue weighted by Gasteiger charge is 2.30. The molecule has 5 nitrogen and oxygen atoms in total. The fourth-order valence-electron chi connectivity index (χ4n) is 2.72. The van der Waals surface area contributed by atoms with Crippen LogP contribution in [-0.4, -0.2) is 21.1 Å². The molecule has 1 aliphatic carbocycles. The van der Waals surface area contributed by atoms with E-state index in [9.17, 15) is 15.2 Å². The lowest BCUT2D eigenvalue weighted by Gasteiger charge is -2.30. The van der Waals surface area contributed by atoms with Gasteiger partial charge in [-0.15, -0.1) is 0 Å². The van der Waals surface area contributed by atoms with E-state index in [2.05, 4.69) is 11.9 Å². The molecule has 0 radical (unpaired) electrons. The number of aliphatic hydroxyl groups is 1. The third kappa shape index (κ3) is 2.61. The Morgan fingerprint density at radius 1 is 1.47 bits per heavy atom. The first-order chi connectivity index (χ1) is 8.08. The highest BCUT2D eigenvalue weighted by Crippen LogP contribution is 2.39. The van der Waals surface area contributed by atoms with Gasteiger partial charge in [0, 0.05) is 11.8 Å². The quantitative estimate of drug-likeness (QED) is 0.631. The molecule has 2 rings (SSSR count). The number of hydrogen-bond donors (Lipinski definition) is 1. The summed E-state index contributed by atoms with van der Waals surface area (Å²) in [5.41, 5.74) is 0.773. The first-order valence-electron chi connectivity index (χ1n) is 5.84. The molecule has 0 spiro atoms. The predicted octanol–water partition coefficient (Wildman–Crippen LogP) is 2.25. The summed E-state index contributed by atoms with van der Waals surface area (Å²) in [5.74, 6) is 0.466. The SMILES string of the molecule is C[C@H]1CC(c2ccncc2[N+](=O)[O-])C[C@@H](O)C1. The van der Waals surface area contributed by atoms with Gasteiger partial charge in [0.05, 0.1) is 11.0 Å². The molecule has 17 heavy (non-hydrogen) atoms. The van der Waals surface area contributed by atoms with Crippen LogP contribution in [0.4, 0.5) is 5.69 Å². The maximum Gasteiger partial charge on any atom is 0.290 e. The summed E-state index contributed by atoms with van der Waals surface area (Å²) in [6.45, 7) is 2.07. The van der Waals surface area contributed by atoms with Crippen LogP contribution in [0.1, 0.15) is 37.7 Å². The highest BCUT2D eigenvalue weighted by molar-refractivity contribution is 5.39. The molecular weight excluding hydrogens is 220 g/mol. The van der Waals surface area contributed by atoms with Crippen LogP contribution in [0.5, 0.6) is 0 Å². The molecule has 0 aromatic carbocycles. The molecule has 1 fully saturated rings. The van der Waals surface area contributed by atoms with Crippen molar-refractivity contribution in [2.45, 2.75) is 38.2 Å². The molecule has 1 aliphatic rings. The van der Waals surface area contributed by atoms with Crippen LogP contribution < -0.4 is 0 Å². The molecule has 1 saturated carbocycles. The summed E-state index contributed by atoms with van der Waals surface area (Å²) >= 11 is 0. The van der Waals surface area contributed by atoms with Crippen LogP contribution in [0.15, 0.2) is 18.5 Å². The number of nitrogens with zero attached hydrogens (tertiary/aromatic N) is 2. The van der Waals surface area contributed by atoms with Crippen molar-refractivity contribution in [3.63, 3.8) is 0 Å². The Labute approximate surface area is 99.6 Å². The Morgan fingerprint density at radius 2 is 2.24 bits per heavy atom. The van der Waals surface area contributed by atoms with Crippen LogP contribution in [0.3, 0.4) is 0 Å². The van der Waals surface area contributed by atoms with Crippen molar-refractivity contribution in [3.8, 4) is 0 Å². The lowest BCUT2D eigenvalue weighted by Crippen LogP contribution is -2.24. The molecule has 0 bridgehead atoms. The minimum absolute atomic E-state index is 0.0668. The molecule has 1 aromatic rings. The summed E-state index contributed by atoms with van der Waals surface area (Å²) in [5, 5.41) is 20.7. The Kier molecular flexibility index (Phi) is 3.38. The van der Waals surface area contributed by atoms with E-state index in [0.29, 0.717) is 17.9 Å². The summed E-state index contributed by atoms with van der Waals surface area (Å²) in [7, 11) is 0. The molecule has 0 amide bonds. The van der Waals surface area contributed by atoms with E-state index in [0.717, 1.165) is 12.8 Å². The van der Waals surface area contributed by atoms with Gasteiger partial charge < -0.3 is 5.11 Å². The minimum atomic E-state index is -0.395. The molecule has 1 heterocycles. The summed E-state index contributed by atoms with van der Waals surface area (Å²) in [4.78, 5) is 14.3. The largest absolute Gasteiger partial charge is 0.393 e. The number of hydrogen-bond acceptors (Lipinski definition) is 4. The van der Waals surface area contributed by atoms with E-state index in [1.807, 2.05) is 0 Å². The molecule has 1 aromatic heterocycles. The number of pyridine rings is 1. The van der Waals surface area contributed by atoms with Crippen LogP contribution in [0.2, 0.25) is 0 Å². The van der Waals surface area contributed by atoms with Crippen molar-refractivity contribution < 1.29 is 10.0 Å². The maximum absolute atomic E-state index is 10.9. The van der Waals surface area contributed by atoms with Crippen molar-refractivity contribution in [3.05, 3.63) is 34.1 Å². The van der Waals surface area contributed by atoms with Gasteiger partial charge in [0.25, 0.3) is 5.69 Å². The van der Waals surface area contributed by atoms with Gasteiger partial charge in [-0.1, -0.05) is 6.92 Å². The monoisotopic (exact) mass is 236 g/mol. The Morgan fingerprint density at radius 3 is 2.88 bits per heavy atom. The number of aromatic nitrogens is 1. The number of nitro groups is 1. The van der Waals surface area contributed by atoms with Gasteiger partial charge in [0.2, 0.25) is 0 Å². The van der Waals surface area contributed by atoms with Gasteiger partial charge >= 0.3 is 0 Å². The molecule has 0 aliphatic heterocycles. The summed E-state index contributed by atoms with van der Waals surface area (Å²) in [6, 6.07) is 1.70. The number of aliphatic hydroxyl groups excluding tert-OH is 1. The second-order valence-corrected chi connectivity index (χ2v) is 4.85. The molecule has 5 heteroatoms. The van der Waals surface area contributed by atoms with Crippen molar-refractivity contribution >= 4 is 5.69 Å². The summed E-state index contributed by atoms with van der Waals surface area (Å²) < 4.78 is 0. The lowest BCUT2D eigenvalue weighted by atomic mass is 9.77. The van der Waals surface area contributed by atoms with Gasteiger partial charge in [-0.2, -0.15) is 0 Å². The zero-order valence-electron chi connectivity index (χ0n) is 9.74. The molecule has 3 atom stereocenters. The molecule has 1 N–H and O–H groups in total. The zero-order valence-corrected chi connectivity index (χ0v) is 9.74. The highest BCUT2D eigenvalue weighted by atomic mass is 16.6. The first kappa shape index (κ1) is 12.0. The van der Waals surface area contributed by atoms with E-state index in [1.165, 1.54) is 6.20 Å². The molecular formula is C12H16N2O3. The second-order valence-electron chi connectivity index (χ2n) is 4.85. The third-order valence-electron chi connectivity index (χ3n) is 3.39. The second kappa shape index (κ2) is 4.79. The topological polar surface area (TPSA) is 76.3 Å². The van der Waals surface area contributed by atoms with Gasteiger partial charge in [-0.3, -0.25) is 15.1 Å². The van der Waals surface area contributed by atoms with E-state index >= 15 is 0 Å². The average molecular weight is 236 g/mol. The Balaban J connectivity index is 2.30. The fraction of sp³-hybridized carbons (Fsp3) is 0.583. The lowest BCUT2D eigenvalue weighted by molar-refractivity contribution is -0.386. The van der Waals surface area contributed by atoms with Gasteiger partial charge in [-0.05, 0) is 37.2 Å². The van der Waals surface area contributed by atoms with E-state index in [1.54, 1.807) is 12.3 Å². The van der Waals surface area contributed by atoms with E-state index in [4.69, 9.17) is 0 Å². The van der Waals surface area contributed by atoms with Gasteiger partial charge in [0.15, 0.2) is 0 Å². The van der Waals surface area contributed by atoms with Crippen molar-refractivity contribution in [1.29, 1.82) is 0 Å². The van der Waals surface area contributed by atoms with Crippen LogP contribution in [0.25, 0.3) is 0 Å². The Hall–Kier alpha value is -1.49. The van der Waals surface area contributed by atoms with Crippen molar-refractivity contribution in [2.24, 2.45) is 5.92 Å². The van der Waals surface area contributed by atoms with Crippen LogP contribution >= 0.6 is 0 Å². The van der Waals surface area contributed by atoms with E-state index in [-0.39, 0.29) is 17.7 Å². The molecule has 92 valence electrons. The smallest absolute Gasteiger partial charge is 0.290 e. The average Bonchev–Trinajstić information content (AvgIpc) is 2.27. The summed E-state index contributed by atoms with van der Waals surface area (Å²) in [6.07, 6.45) is 4.80. The standard InChI is InChI=1S/C12H16N2O3/c1-8-4-9(6-10(15)5-8)11-2-3-13-7-12(11)14(16)17/h2-3,7-10,15H,4-6H2,1H3/t8-,9?,10-/m0/s1. The van der Waals surface area contributed by atoms with Gasteiger partial charge in [0.1, 0.15) is 6.20 Å². The maximum atomic E-state index is 10.9. The minimum Gasteiger partial charge on any atom is -0.393 e. The normalized spacial score (nSPS) is 28.9. The fourth-order valence-corrected chi connectivity index (χ4v) is 2.72. The van der Waals surface area contributed by atoms with E-state index < -0.39 is 4.92 Å². The third-order valence-corrected chi connectivity index (χ3v) is 3.39. The van der Waals surface area contributed by atoms with Gasteiger partial charge in [-0.25, -0.2) is 0 Å². The molecule has 0 saturated heterocycles. The predicted molar refractivity (Wildman–Crippen MR) is 62.7 cm³/mol. The van der Waals surface area contributed by atoms with Crippen molar-refractivity contribution in [2.75, 3.05) is 0 Å².